The van der Waals surface area contributed by atoms with Crippen LogP contribution in [0.25, 0.3) is 0 Å². The lowest BCUT2D eigenvalue weighted by Gasteiger charge is -2.42. The van der Waals surface area contributed by atoms with Crippen LogP contribution in [-0.4, -0.2) is 47.0 Å². The number of hydrogen-bond acceptors (Lipinski definition) is 5. The monoisotopic (exact) mass is 556 g/mol. The fourth-order valence-electron chi connectivity index (χ4n) is 5.62. The Morgan fingerprint density at radius 3 is 2.27 bits per heavy atom. The molecular weight excluding hydrogens is 516 g/mol. The highest BCUT2D eigenvalue weighted by atomic mass is 28.4. The third-order valence-corrected chi connectivity index (χ3v) is 12.5. The normalized spacial score (nSPS) is 19.9. The van der Waals surface area contributed by atoms with Gasteiger partial charge in [-0.2, -0.15) is 0 Å². The second-order valence-corrected chi connectivity index (χ2v) is 15.5. The zero-order valence-corrected chi connectivity index (χ0v) is 25.1. The zero-order chi connectivity index (χ0) is 28.4. The number of esters is 1. The Bertz CT molecular complexity index is 1230. The van der Waals surface area contributed by atoms with Crippen LogP contribution in [0.15, 0.2) is 72.3 Å². The molecular formula is C34H40O5Si. The molecule has 5 nitrogen and oxygen atoms in total. The number of hydrogen-bond donors (Lipinski definition) is 0. The number of carbonyl (C=O) groups excluding carboxylic acids is 1. The largest absolute Gasteiger partial charge is 0.459 e. The van der Waals surface area contributed by atoms with Crippen LogP contribution in [0.5, 0.6) is 0 Å². The molecule has 1 aliphatic carbocycles. The molecule has 2 aromatic rings. The molecule has 1 aliphatic heterocycles. The molecule has 0 saturated carbocycles. The predicted octanol–water partition coefficient (Wildman–Crippen LogP) is 4.99. The van der Waals surface area contributed by atoms with Crippen molar-refractivity contribution < 1.29 is 23.4 Å². The van der Waals surface area contributed by atoms with Gasteiger partial charge in [-0.1, -0.05) is 105 Å². The van der Waals surface area contributed by atoms with E-state index in [4.69, 9.17) is 18.6 Å². The minimum atomic E-state index is -2.66. The molecule has 1 unspecified atom stereocenters. The van der Waals surface area contributed by atoms with Gasteiger partial charge in [-0.05, 0) is 47.5 Å². The average molecular weight is 557 g/mol. The molecule has 2 aliphatic rings. The number of methoxy groups -OCH3 is 1. The van der Waals surface area contributed by atoms with Gasteiger partial charge in [0.2, 0.25) is 0 Å². The van der Waals surface area contributed by atoms with Gasteiger partial charge >= 0.3 is 5.97 Å². The van der Waals surface area contributed by atoms with Gasteiger partial charge < -0.3 is 18.6 Å². The van der Waals surface area contributed by atoms with Gasteiger partial charge in [0.1, 0.15) is 6.10 Å². The van der Waals surface area contributed by atoms with Crippen LogP contribution in [0.3, 0.4) is 0 Å². The number of carbonyl (C=O) groups is 1. The second kappa shape index (κ2) is 14.0. The summed E-state index contributed by atoms with van der Waals surface area (Å²) in [6.45, 7) is 7.77. The molecule has 6 heteroatoms. The summed E-state index contributed by atoms with van der Waals surface area (Å²) in [5, 5.41) is 2.34. The summed E-state index contributed by atoms with van der Waals surface area (Å²) in [5.41, 5.74) is 0.978. The highest BCUT2D eigenvalue weighted by Gasteiger charge is 2.50. The topological polar surface area (TPSA) is 54.0 Å². The Kier molecular flexibility index (Phi) is 10.4. The summed E-state index contributed by atoms with van der Waals surface area (Å²) in [5.74, 6) is 11.7. The first kappa shape index (κ1) is 29.8. The van der Waals surface area contributed by atoms with Crippen molar-refractivity contribution in [1.82, 2.24) is 0 Å². The molecule has 1 heterocycles. The highest BCUT2D eigenvalue weighted by Crippen LogP contribution is 2.37. The van der Waals surface area contributed by atoms with Crippen LogP contribution in [0.4, 0.5) is 0 Å². The summed E-state index contributed by atoms with van der Waals surface area (Å²) in [6.07, 6.45) is 5.97. The minimum absolute atomic E-state index is 0.0388. The Morgan fingerprint density at radius 2 is 1.70 bits per heavy atom. The first-order valence-electron chi connectivity index (χ1n) is 14.2. The molecule has 4 rings (SSSR count). The van der Waals surface area contributed by atoms with E-state index in [0.717, 1.165) is 37.7 Å². The summed E-state index contributed by atoms with van der Waals surface area (Å²) in [7, 11) is -1.33. The van der Waals surface area contributed by atoms with Crippen molar-refractivity contribution in [2.45, 2.75) is 70.3 Å². The molecule has 0 aromatic heterocycles. The van der Waals surface area contributed by atoms with E-state index in [1.807, 2.05) is 12.1 Å². The predicted molar refractivity (Wildman–Crippen MR) is 160 cm³/mol. The number of ether oxygens (including phenoxy) is 3. The second-order valence-electron chi connectivity index (χ2n) is 11.2. The van der Waals surface area contributed by atoms with Gasteiger partial charge in [-0.25, -0.2) is 4.79 Å². The highest BCUT2D eigenvalue weighted by molar-refractivity contribution is 6.99. The summed E-state index contributed by atoms with van der Waals surface area (Å²) in [4.78, 5) is 11.8. The quantitative estimate of drug-likeness (QED) is 0.208. The summed E-state index contributed by atoms with van der Waals surface area (Å²) in [6, 6.07) is 21.2. The molecule has 1 fully saturated rings. The standard InChI is InChI=1S/C34H40O5Si/c1-34(2,3)40(28-17-7-5-8-18-28,29-19-9-6-10-20-29)38-26-14-16-27-15-13-21-30(27)31(23-24-32(35)36-4)39-33-22-11-12-25-37-33/h5-10,15,17-20,30-31,33H,11-13,21-22,25-26H2,1-4H3/t30-,31-,33?/m0/s1. The van der Waals surface area contributed by atoms with E-state index in [1.54, 1.807) is 0 Å². The van der Waals surface area contributed by atoms with Crippen molar-refractivity contribution >= 4 is 24.7 Å². The molecule has 2 aromatic carbocycles. The molecule has 0 radical (unpaired) electrons. The summed E-state index contributed by atoms with van der Waals surface area (Å²) >= 11 is 0. The van der Waals surface area contributed by atoms with E-state index >= 15 is 0 Å². The maximum atomic E-state index is 11.8. The molecule has 1 saturated heterocycles. The summed E-state index contributed by atoms with van der Waals surface area (Å²) < 4.78 is 23.8. The molecule has 3 atom stereocenters. The fourth-order valence-corrected chi connectivity index (χ4v) is 10.1. The van der Waals surface area contributed by atoms with Crippen LogP contribution in [-0.2, 0) is 23.4 Å². The smallest absolute Gasteiger partial charge is 0.384 e. The fraction of sp³-hybridized carbons (Fsp3) is 0.441. The van der Waals surface area contributed by atoms with E-state index < -0.39 is 20.4 Å². The zero-order valence-electron chi connectivity index (χ0n) is 24.1. The van der Waals surface area contributed by atoms with Crippen LogP contribution in [0.2, 0.25) is 5.04 Å². The molecule has 0 N–H and O–H groups in total. The van der Waals surface area contributed by atoms with Crippen molar-refractivity contribution in [3.05, 3.63) is 72.3 Å². The first-order valence-corrected chi connectivity index (χ1v) is 16.1. The molecule has 0 bridgehead atoms. The number of allylic oxidation sites excluding steroid dienone is 1. The van der Waals surface area contributed by atoms with Crippen molar-refractivity contribution in [2.75, 3.05) is 20.3 Å². The Balaban J connectivity index is 1.57. The molecule has 210 valence electrons. The van der Waals surface area contributed by atoms with Gasteiger partial charge in [-0.15, -0.1) is 0 Å². The van der Waals surface area contributed by atoms with Crippen molar-refractivity contribution in [3.8, 4) is 23.7 Å². The van der Waals surface area contributed by atoms with Crippen LogP contribution in [0.1, 0.15) is 52.9 Å². The minimum Gasteiger partial charge on any atom is -0.459 e. The number of rotatable bonds is 7. The van der Waals surface area contributed by atoms with E-state index in [9.17, 15) is 4.79 Å². The van der Waals surface area contributed by atoms with Gasteiger partial charge in [0.25, 0.3) is 8.32 Å². The van der Waals surface area contributed by atoms with E-state index in [1.165, 1.54) is 17.5 Å². The van der Waals surface area contributed by atoms with Gasteiger partial charge in [0.15, 0.2) is 6.29 Å². The van der Waals surface area contributed by atoms with Gasteiger partial charge in [0.05, 0.1) is 13.7 Å². The van der Waals surface area contributed by atoms with Gasteiger partial charge in [0, 0.05) is 24.0 Å². The van der Waals surface area contributed by atoms with Crippen molar-refractivity contribution in [2.24, 2.45) is 5.92 Å². The van der Waals surface area contributed by atoms with Crippen LogP contribution < -0.4 is 10.4 Å². The first-order chi connectivity index (χ1) is 19.3. The van der Waals surface area contributed by atoms with Crippen molar-refractivity contribution in [1.29, 1.82) is 0 Å². The van der Waals surface area contributed by atoms with E-state index in [-0.39, 0.29) is 17.2 Å². The number of benzene rings is 2. The van der Waals surface area contributed by atoms with E-state index in [2.05, 4.69) is 99.1 Å². The van der Waals surface area contributed by atoms with E-state index in [0.29, 0.717) is 13.2 Å². The lowest BCUT2D eigenvalue weighted by molar-refractivity contribution is -0.183. The Hall–Kier alpha value is -3.13. The Morgan fingerprint density at radius 1 is 1.02 bits per heavy atom. The maximum absolute atomic E-state index is 11.8. The third-order valence-electron chi connectivity index (χ3n) is 7.56. The average Bonchev–Trinajstić information content (AvgIpc) is 3.44. The van der Waals surface area contributed by atoms with Crippen LogP contribution in [0, 0.1) is 29.6 Å². The Labute approximate surface area is 240 Å². The van der Waals surface area contributed by atoms with Gasteiger partial charge in [-0.3, -0.25) is 0 Å². The lowest BCUT2D eigenvalue weighted by Crippen LogP contribution is -2.66. The third kappa shape index (κ3) is 7.13. The molecule has 0 spiro atoms. The maximum Gasteiger partial charge on any atom is 0.384 e. The lowest BCUT2D eigenvalue weighted by atomic mass is 9.95. The molecule has 0 amide bonds. The van der Waals surface area contributed by atoms with Crippen molar-refractivity contribution in [3.63, 3.8) is 0 Å². The van der Waals surface area contributed by atoms with Crippen LogP contribution >= 0.6 is 0 Å². The molecule has 40 heavy (non-hydrogen) atoms. The SMILES string of the molecule is COC(=O)C#C[C@H](OC1CCCCO1)[C@H]1CCC=C1C#CCO[Si](c1ccccc1)(c1ccccc1)C(C)(C)C.